The van der Waals surface area contributed by atoms with Crippen molar-refractivity contribution < 1.29 is 9.59 Å². The summed E-state index contributed by atoms with van der Waals surface area (Å²) in [6, 6.07) is 15.9. The van der Waals surface area contributed by atoms with E-state index in [0.29, 0.717) is 23.4 Å². The quantitative estimate of drug-likeness (QED) is 0.377. The summed E-state index contributed by atoms with van der Waals surface area (Å²) in [5.41, 5.74) is 6.83. The van der Waals surface area contributed by atoms with Crippen molar-refractivity contribution in [2.24, 2.45) is 5.73 Å². The number of unbranched alkanes of at least 4 members (excludes halogenated alkanes) is 1. The zero-order valence-corrected chi connectivity index (χ0v) is 17.0. The fourth-order valence-corrected chi connectivity index (χ4v) is 3.89. The van der Waals surface area contributed by atoms with Crippen molar-refractivity contribution in [3.63, 3.8) is 0 Å². The van der Waals surface area contributed by atoms with Gasteiger partial charge in [-0.05, 0) is 84.7 Å². The average Bonchev–Trinajstić information content (AvgIpc) is 2.76. The summed E-state index contributed by atoms with van der Waals surface area (Å²) in [4.78, 5) is 25.7. The Balaban J connectivity index is 1.46. The highest BCUT2D eigenvalue weighted by Crippen LogP contribution is 2.29. The molecule has 0 aliphatic heterocycles. The molecule has 1 aliphatic rings. The molecule has 0 bridgehead atoms. The molecule has 5 nitrogen and oxygen atoms in total. The first kappa shape index (κ1) is 20.3. The van der Waals surface area contributed by atoms with Crippen molar-refractivity contribution in [3.05, 3.63) is 71.4 Å². The first-order valence-electron chi connectivity index (χ1n) is 10.6. The van der Waals surface area contributed by atoms with Crippen LogP contribution in [0.25, 0.3) is 21.5 Å². The van der Waals surface area contributed by atoms with Gasteiger partial charge in [-0.15, -0.1) is 0 Å². The molecule has 30 heavy (non-hydrogen) atoms. The molecular formula is C25H27N3O2. The summed E-state index contributed by atoms with van der Waals surface area (Å²) in [6.07, 6.45) is 4.41. The molecule has 0 unspecified atom stereocenters. The van der Waals surface area contributed by atoms with Gasteiger partial charge in [-0.3, -0.25) is 9.59 Å². The Morgan fingerprint density at radius 1 is 0.733 bits per heavy atom. The van der Waals surface area contributed by atoms with Crippen molar-refractivity contribution >= 4 is 33.1 Å². The summed E-state index contributed by atoms with van der Waals surface area (Å²) >= 11 is 0. The second kappa shape index (κ2) is 9.20. The van der Waals surface area contributed by atoms with E-state index in [9.17, 15) is 9.59 Å². The number of Topliss-reactive ketones (excluding diaryl/α,β-unsaturated/α-hetero) is 1. The van der Waals surface area contributed by atoms with Crippen molar-refractivity contribution in [2.45, 2.75) is 19.3 Å². The van der Waals surface area contributed by atoms with Crippen LogP contribution in [-0.4, -0.2) is 37.7 Å². The molecule has 0 heterocycles. The summed E-state index contributed by atoms with van der Waals surface area (Å²) in [6.45, 7) is 3.18. The molecule has 0 fully saturated rings. The minimum Gasteiger partial charge on any atom is -0.382 e. The normalized spacial score (nSPS) is 13.6. The molecular weight excluding hydrogens is 374 g/mol. The number of fused-ring (bicyclic) bond motifs is 3. The van der Waals surface area contributed by atoms with E-state index >= 15 is 0 Å². The largest absolute Gasteiger partial charge is 0.382 e. The van der Waals surface area contributed by atoms with Crippen LogP contribution in [0.2, 0.25) is 0 Å². The maximum atomic E-state index is 13.0. The lowest BCUT2D eigenvalue weighted by Crippen LogP contribution is -2.29. The van der Waals surface area contributed by atoms with E-state index in [-0.39, 0.29) is 11.6 Å². The molecule has 3 aromatic carbocycles. The van der Waals surface area contributed by atoms with Gasteiger partial charge in [0.05, 0.1) is 5.70 Å². The SMILES string of the molecule is NCCCCNCCCNC1=CC(=O)c2cc3cc4ccccc4cc3cc2C1=O. The lowest BCUT2D eigenvalue weighted by molar-refractivity contribution is 0.0978. The van der Waals surface area contributed by atoms with Gasteiger partial charge in [0, 0.05) is 23.7 Å². The number of nitrogens with two attached hydrogens (primary N) is 1. The lowest BCUT2D eigenvalue weighted by Gasteiger charge is -2.18. The Kier molecular flexibility index (Phi) is 6.21. The van der Waals surface area contributed by atoms with Gasteiger partial charge < -0.3 is 16.4 Å². The number of hydrogen-bond donors (Lipinski definition) is 3. The number of carbonyl (C=O) groups excluding carboxylic acids is 2. The smallest absolute Gasteiger partial charge is 0.209 e. The second-order valence-corrected chi connectivity index (χ2v) is 7.72. The van der Waals surface area contributed by atoms with Crippen LogP contribution in [0.4, 0.5) is 0 Å². The van der Waals surface area contributed by atoms with Crippen LogP contribution in [0.15, 0.2) is 60.3 Å². The number of hydrogen-bond acceptors (Lipinski definition) is 5. The zero-order valence-electron chi connectivity index (χ0n) is 17.0. The van der Waals surface area contributed by atoms with E-state index in [4.69, 9.17) is 5.73 Å². The predicted molar refractivity (Wildman–Crippen MR) is 122 cm³/mol. The third kappa shape index (κ3) is 4.27. The molecule has 0 radical (unpaired) electrons. The van der Waals surface area contributed by atoms with Gasteiger partial charge in [0.2, 0.25) is 5.78 Å². The summed E-state index contributed by atoms with van der Waals surface area (Å²) in [7, 11) is 0. The third-order valence-electron chi connectivity index (χ3n) is 5.52. The van der Waals surface area contributed by atoms with Crippen molar-refractivity contribution in [1.29, 1.82) is 0 Å². The van der Waals surface area contributed by atoms with Gasteiger partial charge in [-0.1, -0.05) is 24.3 Å². The predicted octanol–water partition coefficient (Wildman–Crippen LogP) is 3.56. The summed E-state index contributed by atoms with van der Waals surface area (Å²) in [5.74, 6) is -0.238. The Labute approximate surface area is 176 Å². The number of rotatable bonds is 9. The van der Waals surface area contributed by atoms with Gasteiger partial charge in [0.1, 0.15) is 0 Å². The van der Waals surface area contributed by atoms with E-state index in [2.05, 4.69) is 34.9 Å². The van der Waals surface area contributed by atoms with Gasteiger partial charge in [0.15, 0.2) is 5.78 Å². The zero-order chi connectivity index (χ0) is 20.9. The second-order valence-electron chi connectivity index (χ2n) is 7.72. The monoisotopic (exact) mass is 401 g/mol. The number of allylic oxidation sites excluding steroid dienone is 2. The highest BCUT2D eigenvalue weighted by molar-refractivity contribution is 6.26. The van der Waals surface area contributed by atoms with Crippen molar-refractivity contribution in [3.8, 4) is 0 Å². The Bertz CT molecular complexity index is 1130. The van der Waals surface area contributed by atoms with Crippen LogP contribution in [0.1, 0.15) is 40.0 Å². The average molecular weight is 402 g/mol. The van der Waals surface area contributed by atoms with Gasteiger partial charge in [0.25, 0.3) is 0 Å². The highest BCUT2D eigenvalue weighted by Gasteiger charge is 2.26. The maximum absolute atomic E-state index is 13.0. The van der Waals surface area contributed by atoms with E-state index in [0.717, 1.165) is 60.4 Å². The van der Waals surface area contributed by atoms with E-state index in [1.54, 1.807) is 0 Å². The Hall–Kier alpha value is -3.02. The molecule has 0 amide bonds. The minimum absolute atomic E-state index is 0.115. The molecule has 0 spiro atoms. The van der Waals surface area contributed by atoms with E-state index in [1.807, 2.05) is 24.3 Å². The topological polar surface area (TPSA) is 84.2 Å². The fourth-order valence-electron chi connectivity index (χ4n) is 3.89. The summed E-state index contributed by atoms with van der Waals surface area (Å²) < 4.78 is 0. The molecule has 5 heteroatoms. The van der Waals surface area contributed by atoms with Gasteiger partial charge in [-0.25, -0.2) is 0 Å². The Morgan fingerprint density at radius 3 is 2.10 bits per heavy atom. The number of ketones is 2. The molecule has 0 atom stereocenters. The third-order valence-corrected chi connectivity index (χ3v) is 5.52. The molecule has 1 aliphatic carbocycles. The maximum Gasteiger partial charge on any atom is 0.209 e. The number of carbonyl (C=O) groups is 2. The van der Waals surface area contributed by atoms with Crippen LogP contribution >= 0.6 is 0 Å². The minimum atomic E-state index is -0.123. The molecule has 0 saturated heterocycles. The van der Waals surface area contributed by atoms with Crippen LogP contribution in [0.5, 0.6) is 0 Å². The summed E-state index contributed by atoms with van der Waals surface area (Å²) in [5, 5.41) is 10.7. The van der Waals surface area contributed by atoms with E-state index < -0.39 is 0 Å². The molecule has 154 valence electrons. The lowest BCUT2D eigenvalue weighted by atomic mass is 9.89. The van der Waals surface area contributed by atoms with Crippen LogP contribution in [-0.2, 0) is 0 Å². The highest BCUT2D eigenvalue weighted by atomic mass is 16.1. The van der Waals surface area contributed by atoms with Crippen LogP contribution in [0, 0.1) is 0 Å². The molecule has 0 aromatic heterocycles. The molecule has 0 saturated carbocycles. The molecule has 3 aromatic rings. The van der Waals surface area contributed by atoms with E-state index in [1.165, 1.54) is 6.08 Å². The van der Waals surface area contributed by atoms with Gasteiger partial charge >= 0.3 is 0 Å². The standard InChI is InChI=1S/C25H27N3O2/c26-8-3-4-9-27-10-5-11-28-23-16-24(29)21-14-19-12-17-6-1-2-7-18(17)13-20(19)15-22(21)25(23)30/h1-2,6-7,12-16,27-28H,3-5,8-11,26H2. The number of nitrogens with one attached hydrogen (secondary N) is 2. The fraction of sp³-hybridized carbons (Fsp3) is 0.280. The first-order chi connectivity index (χ1) is 14.7. The van der Waals surface area contributed by atoms with Crippen molar-refractivity contribution in [1.82, 2.24) is 10.6 Å². The molecule has 4 N–H and O–H groups in total. The van der Waals surface area contributed by atoms with Crippen molar-refractivity contribution in [2.75, 3.05) is 26.2 Å². The number of benzene rings is 3. The molecule has 4 rings (SSSR count). The van der Waals surface area contributed by atoms with Crippen LogP contribution < -0.4 is 16.4 Å². The van der Waals surface area contributed by atoms with Crippen LogP contribution in [0.3, 0.4) is 0 Å². The first-order valence-corrected chi connectivity index (χ1v) is 10.6. The Morgan fingerprint density at radius 2 is 1.40 bits per heavy atom. The van der Waals surface area contributed by atoms with Gasteiger partial charge in [-0.2, -0.15) is 0 Å².